The average Bonchev–Trinajstić information content (AvgIpc) is 2.25. The molecule has 2 aliphatic rings. The van der Waals surface area contributed by atoms with Crippen LogP contribution in [0.3, 0.4) is 0 Å². The van der Waals surface area contributed by atoms with Crippen molar-refractivity contribution in [2.75, 3.05) is 0 Å². The Morgan fingerprint density at radius 1 is 1.42 bits per heavy atom. The van der Waals surface area contributed by atoms with Crippen molar-refractivity contribution in [3.05, 3.63) is 27.8 Å². The lowest BCUT2D eigenvalue weighted by Gasteiger charge is -2.48. The van der Waals surface area contributed by atoms with Gasteiger partial charge in [0, 0.05) is 12.0 Å². The van der Waals surface area contributed by atoms with Crippen LogP contribution >= 0.6 is 0 Å². The van der Waals surface area contributed by atoms with E-state index in [1.54, 1.807) is 6.92 Å². The normalized spacial score (nSPS) is 32.9. The molecule has 1 aromatic heterocycles. The maximum Gasteiger partial charge on any atom is 0.343 e. The maximum atomic E-state index is 12.2. The van der Waals surface area contributed by atoms with Crippen molar-refractivity contribution in [1.29, 1.82) is 0 Å². The first-order valence-corrected chi connectivity index (χ1v) is 7.23. The van der Waals surface area contributed by atoms with Crippen molar-refractivity contribution in [1.82, 2.24) is 0 Å². The molecule has 3 heteroatoms. The first-order valence-electron chi connectivity index (χ1n) is 7.23. The van der Waals surface area contributed by atoms with Crippen LogP contribution in [0.15, 0.2) is 15.3 Å². The van der Waals surface area contributed by atoms with E-state index in [4.69, 9.17) is 9.15 Å². The Kier molecular flexibility index (Phi) is 2.77. The Labute approximate surface area is 114 Å². The average molecular weight is 262 g/mol. The third kappa shape index (κ3) is 1.99. The fraction of sp³-hybridized carbons (Fsp3) is 0.688. The second kappa shape index (κ2) is 4.12. The molecular formula is C16H22O3. The smallest absolute Gasteiger partial charge is 0.343 e. The fourth-order valence-electron chi connectivity index (χ4n) is 3.88. The lowest BCUT2D eigenvalue weighted by molar-refractivity contribution is -0.00990. The number of ether oxygens (including phenoxy) is 1. The molecule has 0 unspecified atom stereocenters. The van der Waals surface area contributed by atoms with Crippen molar-refractivity contribution in [2.45, 2.75) is 58.5 Å². The number of fused-ring (bicyclic) bond motifs is 4. The zero-order chi connectivity index (χ0) is 13.8. The fourth-order valence-corrected chi connectivity index (χ4v) is 3.88. The quantitative estimate of drug-likeness (QED) is 0.775. The SMILES string of the molecule is Cc1cc2c(c(=O)o1)[C@H]1C[C@](C)(CC[C@@H]1C(C)C)O2. The molecule has 2 heterocycles. The molecule has 1 aromatic rings. The van der Waals surface area contributed by atoms with Gasteiger partial charge in [0.05, 0.1) is 5.56 Å². The van der Waals surface area contributed by atoms with E-state index >= 15 is 0 Å². The number of rotatable bonds is 1. The Morgan fingerprint density at radius 2 is 2.16 bits per heavy atom. The van der Waals surface area contributed by atoms with Gasteiger partial charge in [0.2, 0.25) is 0 Å². The highest BCUT2D eigenvalue weighted by molar-refractivity contribution is 5.38. The summed E-state index contributed by atoms with van der Waals surface area (Å²) >= 11 is 0. The summed E-state index contributed by atoms with van der Waals surface area (Å²) in [5, 5.41) is 0. The van der Waals surface area contributed by atoms with Gasteiger partial charge in [-0.25, -0.2) is 4.79 Å². The summed E-state index contributed by atoms with van der Waals surface area (Å²) in [6.07, 6.45) is 3.15. The lowest BCUT2D eigenvalue weighted by atomic mass is 9.64. The summed E-state index contributed by atoms with van der Waals surface area (Å²) in [6, 6.07) is 1.88. The summed E-state index contributed by atoms with van der Waals surface area (Å²) in [6.45, 7) is 8.47. The van der Waals surface area contributed by atoms with Crippen LogP contribution in [0.25, 0.3) is 0 Å². The summed E-state index contributed by atoms with van der Waals surface area (Å²) in [4.78, 5) is 12.2. The largest absolute Gasteiger partial charge is 0.487 e. The van der Waals surface area contributed by atoms with Gasteiger partial charge in [-0.3, -0.25) is 0 Å². The van der Waals surface area contributed by atoms with Crippen LogP contribution in [0, 0.1) is 18.8 Å². The number of hydrogen-bond acceptors (Lipinski definition) is 3. The van der Waals surface area contributed by atoms with Crippen LogP contribution in [0.1, 0.15) is 57.3 Å². The maximum absolute atomic E-state index is 12.2. The van der Waals surface area contributed by atoms with Gasteiger partial charge in [-0.15, -0.1) is 0 Å². The van der Waals surface area contributed by atoms with Crippen molar-refractivity contribution in [2.24, 2.45) is 11.8 Å². The van der Waals surface area contributed by atoms with Crippen molar-refractivity contribution >= 4 is 0 Å². The molecule has 104 valence electrons. The van der Waals surface area contributed by atoms with Crippen molar-refractivity contribution < 1.29 is 9.15 Å². The van der Waals surface area contributed by atoms with Crippen LogP contribution in [0.4, 0.5) is 0 Å². The summed E-state index contributed by atoms with van der Waals surface area (Å²) in [5.74, 6) is 2.83. The van der Waals surface area contributed by atoms with Crippen LogP contribution in [-0.2, 0) is 0 Å². The zero-order valence-electron chi connectivity index (χ0n) is 12.2. The minimum atomic E-state index is -0.199. The molecule has 1 fully saturated rings. The van der Waals surface area contributed by atoms with Gasteiger partial charge in [0.15, 0.2) is 0 Å². The van der Waals surface area contributed by atoms with Gasteiger partial charge in [-0.2, -0.15) is 0 Å². The van der Waals surface area contributed by atoms with E-state index in [-0.39, 0.29) is 11.2 Å². The van der Waals surface area contributed by atoms with Gasteiger partial charge in [-0.1, -0.05) is 13.8 Å². The first-order chi connectivity index (χ1) is 8.89. The second-order valence-electron chi connectivity index (χ2n) is 6.73. The molecule has 3 atom stereocenters. The molecule has 0 saturated heterocycles. The third-order valence-electron chi connectivity index (χ3n) is 4.83. The topological polar surface area (TPSA) is 39.4 Å². The van der Waals surface area contributed by atoms with E-state index in [1.807, 2.05) is 6.07 Å². The van der Waals surface area contributed by atoms with E-state index in [0.717, 1.165) is 30.6 Å². The predicted molar refractivity (Wildman–Crippen MR) is 73.7 cm³/mol. The molecule has 1 aliphatic heterocycles. The van der Waals surface area contributed by atoms with Gasteiger partial charge >= 0.3 is 5.63 Å². The Morgan fingerprint density at radius 3 is 2.84 bits per heavy atom. The van der Waals surface area contributed by atoms with Crippen LogP contribution < -0.4 is 10.4 Å². The van der Waals surface area contributed by atoms with Crippen molar-refractivity contribution in [3.8, 4) is 5.75 Å². The van der Waals surface area contributed by atoms with Gasteiger partial charge < -0.3 is 9.15 Å². The Balaban J connectivity index is 2.15. The highest BCUT2D eigenvalue weighted by Crippen LogP contribution is 2.52. The molecule has 1 saturated carbocycles. The van der Waals surface area contributed by atoms with Gasteiger partial charge in [0.1, 0.15) is 17.1 Å². The number of aryl methyl sites for hydroxylation is 1. The van der Waals surface area contributed by atoms with Gasteiger partial charge in [-0.05, 0) is 44.9 Å². The molecule has 19 heavy (non-hydrogen) atoms. The predicted octanol–water partition coefficient (Wildman–Crippen LogP) is 3.64. The lowest BCUT2D eigenvalue weighted by Crippen LogP contribution is -2.46. The molecule has 1 aliphatic carbocycles. The summed E-state index contributed by atoms with van der Waals surface area (Å²) in [5.41, 5.74) is 0.472. The Hall–Kier alpha value is -1.25. The molecule has 0 N–H and O–H groups in total. The zero-order valence-corrected chi connectivity index (χ0v) is 12.2. The third-order valence-corrected chi connectivity index (χ3v) is 4.83. The van der Waals surface area contributed by atoms with Crippen LogP contribution in [0.5, 0.6) is 5.75 Å². The monoisotopic (exact) mass is 262 g/mol. The molecular weight excluding hydrogens is 240 g/mol. The highest BCUT2D eigenvalue weighted by Gasteiger charge is 2.47. The second-order valence-corrected chi connectivity index (χ2v) is 6.73. The van der Waals surface area contributed by atoms with Crippen LogP contribution in [0.2, 0.25) is 0 Å². The molecule has 3 nitrogen and oxygen atoms in total. The molecule has 0 amide bonds. The minimum Gasteiger partial charge on any atom is -0.487 e. The molecule has 3 rings (SSSR count). The van der Waals surface area contributed by atoms with Gasteiger partial charge in [0.25, 0.3) is 0 Å². The minimum absolute atomic E-state index is 0.108. The number of hydrogen-bond donors (Lipinski definition) is 0. The van der Waals surface area contributed by atoms with E-state index in [0.29, 0.717) is 23.5 Å². The van der Waals surface area contributed by atoms with Crippen molar-refractivity contribution in [3.63, 3.8) is 0 Å². The summed E-state index contributed by atoms with van der Waals surface area (Å²) in [7, 11) is 0. The van der Waals surface area contributed by atoms with E-state index in [1.165, 1.54) is 0 Å². The van der Waals surface area contributed by atoms with E-state index in [2.05, 4.69) is 20.8 Å². The van der Waals surface area contributed by atoms with Crippen LogP contribution in [-0.4, -0.2) is 5.60 Å². The standard InChI is InChI=1S/C16H22O3/c1-9(2)11-5-6-16(4)8-12(11)14-13(19-16)7-10(3)18-15(14)17/h7,9,11-12H,5-6,8H2,1-4H3/t11-,12+,16+/m1/s1. The highest BCUT2D eigenvalue weighted by atomic mass is 16.5. The molecule has 0 radical (unpaired) electrons. The Bertz CT molecular complexity index is 558. The molecule has 0 spiro atoms. The van der Waals surface area contributed by atoms with E-state index < -0.39 is 0 Å². The molecule has 0 aromatic carbocycles. The van der Waals surface area contributed by atoms with E-state index in [9.17, 15) is 4.79 Å². The first kappa shape index (κ1) is 12.8. The molecule has 2 bridgehead atoms. The summed E-state index contributed by atoms with van der Waals surface area (Å²) < 4.78 is 11.4.